The van der Waals surface area contributed by atoms with Crippen molar-refractivity contribution in [3.8, 4) is 23.0 Å². The average molecular weight is 534 g/mol. The van der Waals surface area contributed by atoms with Crippen LogP contribution in [0.3, 0.4) is 0 Å². The molecule has 208 valence electrons. The number of ether oxygens (including phenoxy) is 4. The summed E-state index contributed by atoms with van der Waals surface area (Å²) in [5, 5.41) is 3.03. The fraction of sp³-hybridized carbons (Fsp3) is 0.419. The molecule has 0 spiro atoms. The lowest BCUT2D eigenvalue weighted by molar-refractivity contribution is -0.123. The summed E-state index contributed by atoms with van der Waals surface area (Å²) in [6.45, 7) is 6.23. The first-order chi connectivity index (χ1) is 18.9. The molecule has 1 aliphatic heterocycles. The Labute approximate surface area is 231 Å². The summed E-state index contributed by atoms with van der Waals surface area (Å²) < 4.78 is 23.1. The number of benzene rings is 2. The first-order valence-electron chi connectivity index (χ1n) is 13.4. The van der Waals surface area contributed by atoms with E-state index in [1.54, 1.807) is 27.5 Å². The lowest BCUT2D eigenvalue weighted by Gasteiger charge is -2.38. The molecular formula is C31H39N3O5. The van der Waals surface area contributed by atoms with Gasteiger partial charge in [0, 0.05) is 29.9 Å². The van der Waals surface area contributed by atoms with Crippen LogP contribution in [0.1, 0.15) is 42.3 Å². The van der Waals surface area contributed by atoms with Crippen LogP contribution in [-0.4, -0.2) is 56.8 Å². The van der Waals surface area contributed by atoms with Gasteiger partial charge in [-0.2, -0.15) is 0 Å². The molecule has 0 saturated carbocycles. The maximum Gasteiger partial charge on any atom is 0.234 e. The lowest BCUT2D eigenvalue weighted by Crippen LogP contribution is -2.43. The molecule has 39 heavy (non-hydrogen) atoms. The summed E-state index contributed by atoms with van der Waals surface area (Å²) in [4.78, 5) is 19.7. The third kappa shape index (κ3) is 7.00. The molecule has 8 nitrogen and oxygen atoms in total. The van der Waals surface area contributed by atoms with E-state index in [9.17, 15) is 4.79 Å². The Hall–Kier alpha value is -3.78. The van der Waals surface area contributed by atoms with E-state index < -0.39 is 0 Å². The van der Waals surface area contributed by atoms with Gasteiger partial charge >= 0.3 is 0 Å². The van der Waals surface area contributed by atoms with Gasteiger partial charge in [-0.15, -0.1) is 0 Å². The van der Waals surface area contributed by atoms with Crippen molar-refractivity contribution in [2.24, 2.45) is 5.92 Å². The number of methoxy groups -OCH3 is 3. The maximum atomic E-state index is 13.1. The molecule has 1 N–H and O–H groups in total. The maximum absolute atomic E-state index is 13.1. The molecule has 1 atom stereocenters. The number of nitrogens with one attached hydrogen (secondary N) is 1. The minimum Gasteiger partial charge on any atom is -0.496 e. The molecule has 4 rings (SSSR count). The van der Waals surface area contributed by atoms with E-state index in [0.29, 0.717) is 43.5 Å². The van der Waals surface area contributed by atoms with E-state index in [0.717, 1.165) is 40.3 Å². The van der Waals surface area contributed by atoms with Crippen molar-refractivity contribution in [2.45, 2.75) is 39.3 Å². The van der Waals surface area contributed by atoms with Gasteiger partial charge in [-0.3, -0.25) is 14.7 Å². The van der Waals surface area contributed by atoms with Crippen molar-refractivity contribution in [1.82, 2.24) is 15.2 Å². The van der Waals surface area contributed by atoms with E-state index in [2.05, 4.69) is 29.0 Å². The molecule has 0 fully saturated rings. The van der Waals surface area contributed by atoms with Crippen LogP contribution in [0.2, 0.25) is 0 Å². The Balaban J connectivity index is 1.67. The van der Waals surface area contributed by atoms with Crippen molar-refractivity contribution in [1.29, 1.82) is 0 Å². The molecule has 1 aliphatic rings. The fourth-order valence-electron chi connectivity index (χ4n) is 5.00. The summed E-state index contributed by atoms with van der Waals surface area (Å²) in [5.41, 5.74) is 4.11. The predicted octanol–water partition coefficient (Wildman–Crippen LogP) is 4.60. The molecule has 1 amide bonds. The number of carbonyl (C=O) groups is 1. The topological polar surface area (TPSA) is 82.2 Å². The number of fused-ring (bicyclic) bond motifs is 1. The minimum absolute atomic E-state index is 0.0473. The zero-order chi connectivity index (χ0) is 27.8. The molecule has 0 saturated heterocycles. The quantitative estimate of drug-likeness (QED) is 0.364. The summed E-state index contributed by atoms with van der Waals surface area (Å²) >= 11 is 0. The smallest absolute Gasteiger partial charge is 0.234 e. The van der Waals surface area contributed by atoms with Gasteiger partial charge in [-0.1, -0.05) is 26.0 Å². The summed E-state index contributed by atoms with van der Waals surface area (Å²) in [6, 6.07) is 15.5. The Kier molecular flexibility index (Phi) is 9.65. The second-order valence-electron chi connectivity index (χ2n) is 10.1. The van der Waals surface area contributed by atoms with Crippen LogP contribution in [0.25, 0.3) is 0 Å². The first kappa shape index (κ1) is 28.2. The number of pyridine rings is 1. The average Bonchev–Trinajstić information content (AvgIpc) is 2.96. The largest absolute Gasteiger partial charge is 0.496 e. The van der Waals surface area contributed by atoms with Crippen molar-refractivity contribution in [3.63, 3.8) is 0 Å². The highest BCUT2D eigenvalue weighted by Gasteiger charge is 2.34. The molecule has 8 heteroatoms. The van der Waals surface area contributed by atoms with E-state index in [-0.39, 0.29) is 18.5 Å². The van der Waals surface area contributed by atoms with E-state index in [1.165, 1.54) is 0 Å². The van der Waals surface area contributed by atoms with Gasteiger partial charge < -0.3 is 24.3 Å². The fourth-order valence-corrected chi connectivity index (χ4v) is 5.00. The third-order valence-electron chi connectivity index (χ3n) is 6.91. The Morgan fingerprint density at radius 1 is 1.00 bits per heavy atom. The van der Waals surface area contributed by atoms with Gasteiger partial charge in [0.05, 0.1) is 46.7 Å². The molecule has 3 aromatic rings. The number of carbonyl (C=O) groups excluding carboxylic acids is 1. The zero-order valence-corrected chi connectivity index (χ0v) is 23.5. The molecule has 2 heterocycles. The van der Waals surface area contributed by atoms with Gasteiger partial charge in [-0.05, 0) is 60.7 Å². The number of amides is 1. The van der Waals surface area contributed by atoms with E-state index in [1.807, 2.05) is 48.5 Å². The normalized spacial score (nSPS) is 15.0. The Morgan fingerprint density at radius 3 is 2.44 bits per heavy atom. The number of rotatable bonds is 12. The van der Waals surface area contributed by atoms with Crippen LogP contribution in [0.15, 0.2) is 54.7 Å². The van der Waals surface area contributed by atoms with Crippen molar-refractivity contribution < 1.29 is 23.7 Å². The molecule has 1 unspecified atom stereocenters. The van der Waals surface area contributed by atoms with Gasteiger partial charge in [0.1, 0.15) is 11.5 Å². The number of hydrogen-bond acceptors (Lipinski definition) is 7. The monoisotopic (exact) mass is 533 g/mol. The minimum atomic E-state index is -0.107. The van der Waals surface area contributed by atoms with Gasteiger partial charge in [-0.25, -0.2) is 0 Å². The highest BCUT2D eigenvalue weighted by molar-refractivity contribution is 5.78. The molecule has 2 aromatic carbocycles. The summed E-state index contributed by atoms with van der Waals surface area (Å²) in [7, 11) is 4.97. The first-order valence-corrected chi connectivity index (χ1v) is 13.4. The van der Waals surface area contributed by atoms with Crippen molar-refractivity contribution in [3.05, 3.63) is 77.1 Å². The zero-order valence-electron chi connectivity index (χ0n) is 23.5. The van der Waals surface area contributed by atoms with Crippen molar-refractivity contribution in [2.75, 3.05) is 41.0 Å². The van der Waals surface area contributed by atoms with Crippen LogP contribution in [0, 0.1) is 5.92 Å². The van der Waals surface area contributed by atoms with Gasteiger partial charge in [0.2, 0.25) is 5.91 Å². The standard InChI is InChI=1S/C31H39N3O5/c1-21(2)20-39-28-12-11-26(36-3)24-13-15-34(19-30(35)33-18-23-8-6-7-14-32-23)25(31(24)28)16-22-9-10-27(37-4)29(17-22)38-5/h6-12,14,17,21,25H,13,15-16,18-20H2,1-5H3,(H,33,35). The molecule has 0 bridgehead atoms. The van der Waals surface area contributed by atoms with E-state index >= 15 is 0 Å². The highest BCUT2D eigenvalue weighted by Crippen LogP contribution is 2.43. The Bertz CT molecular complexity index is 1250. The van der Waals surface area contributed by atoms with Crippen molar-refractivity contribution >= 4 is 5.91 Å². The lowest BCUT2D eigenvalue weighted by atomic mass is 9.87. The van der Waals surface area contributed by atoms with Crippen LogP contribution in [0.4, 0.5) is 0 Å². The van der Waals surface area contributed by atoms with Gasteiger partial charge in [0.25, 0.3) is 0 Å². The number of nitrogens with zero attached hydrogens (tertiary/aromatic N) is 2. The molecule has 1 aromatic heterocycles. The van der Waals surface area contributed by atoms with Crippen LogP contribution >= 0.6 is 0 Å². The Morgan fingerprint density at radius 2 is 1.74 bits per heavy atom. The third-order valence-corrected chi connectivity index (χ3v) is 6.91. The second-order valence-corrected chi connectivity index (χ2v) is 10.1. The predicted molar refractivity (Wildman–Crippen MR) is 151 cm³/mol. The van der Waals surface area contributed by atoms with Crippen LogP contribution in [0.5, 0.6) is 23.0 Å². The molecule has 0 radical (unpaired) electrons. The highest BCUT2D eigenvalue weighted by atomic mass is 16.5. The summed E-state index contributed by atoms with van der Waals surface area (Å²) in [5.74, 6) is 3.37. The van der Waals surface area contributed by atoms with Crippen LogP contribution in [-0.2, 0) is 24.2 Å². The van der Waals surface area contributed by atoms with E-state index in [4.69, 9.17) is 18.9 Å². The molecular weight excluding hydrogens is 494 g/mol. The van der Waals surface area contributed by atoms with Crippen LogP contribution < -0.4 is 24.3 Å². The number of aromatic nitrogens is 1. The van der Waals surface area contributed by atoms with Gasteiger partial charge in [0.15, 0.2) is 11.5 Å². The molecule has 0 aliphatic carbocycles. The summed E-state index contributed by atoms with van der Waals surface area (Å²) in [6.07, 6.45) is 3.15. The SMILES string of the molecule is COc1ccc(CC2c3c(OCC(C)C)ccc(OC)c3CCN2CC(=O)NCc2ccccn2)cc1OC. The second kappa shape index (κ2) is 13.3. The number of hydrogen-bond donors (Lipinski definition) is 1.